The average molecular weight is 447 g/mol. The molecule has 0 aromatic heterocycles. The van der Waals surface area contributed by atoms with Crippen LogP contribution in [0.4, 0.5) is 21.5 Å². The highest BCUT2D eigenvalue weighted by molar-refractivity contribution is 8.02. The molecular weight excluding hydrogens is 429 g/mol. The van der Waals surface area contributed by atoms with Gasteiger partial charge in [0.25, 0.3) is 5.91 Å². The van der Waals surface area contributed by atoms with Crippen LogP contribution < -0.4 is 15.1 Å². The van der Waals surface area contributed by atoms with Gasteiger partial charge in [-0.3, -0.25) is 24.2 Å². The lowest BCUT2D eigenvalue weighted by Gasteiger charge is -2.33. The van der Waals surface area contributed by atoms with Crippen molar-refractivity contribution in [1.82, 2.24) is 0 Å². The fourth-order valence-corrected chi connectivity index (χ4v) is 5.54. The second-order valence-corrected chi connectivity index (χ2v) is 8.60. The molecule has 2 heterocycles. The minimum absolute atomic E-state index is 0.0449. The van der Waals surface area contributed by atoms with Gasteiger partial charge in [-0.15, -0.1) is 11.8 Å². The molecule has 2 aliphatic heterocycles. The van der Waals surface area contributed by atoms with E-state index in [0.717, 1.165) is 0 Å². The first kappa shape index (κ1) is 20.3. The van der Waals surface area contributed by atoms with Crippen molar-refractivity contribution in [1.29, 1.82) is 0 Å². The van der Waals surface area contributed by atoms with Crippen LogP contribution in [0.1, 0.15) is 5.56 Å². The molecule has 5 rings (SSSR count). The lowest BCUT2D eigenvalue weighted by Crippen LogP contribution is -2.50. The number of para-hydroxylation sites is 3. The van der Waals surface area contributed by atoms with E-state index < -0.39 is 16.6 Å². The average Bonchev–Trinajstić information content (AvgIpc) is 3.27. The number of benzene rings is 3. The second-order valence-electron chi connectivity index (χ2n) is 7.43. The van der Waals surface area contributed by atoms with E-state index in [1.54, 1.807) is 30.3 Å². The Morgan fingerprint density at radius 1 is 0.969 bits per heavy atom. The van der Waals surface area contributed by atoms with Crippen LogP contribution in [0, 0.1) is 5.82 Å². The highest BCUT2D eigenvalue weighted by Crippen LogP contribution is 2.55. The molecule has 0 radical (unpaired) electrons. The number of nitrogens with one attached hydrogen (secondary N) is 1. The molecule has 6 nitrogen and oxygen atoms in total. The summed E-state index contributed by atoms with van der Waals surface area (Å²) in [6, 6.07) is 22.0. The molecule has 32 heavy (non-hydrogen) atoms. The van der Waals surface area contributed by atoms with E-state index in [0.29, 0.717) is 16.9 Å². The van der Waals surface area contributed by atoms with Crippen LogP contribution in [0.2, 0.25) is 0 Å². The molecule has 3 aromatic carbocycles. The Hall–Kier alpha value is -3.65. The number of hydrogen-bond acceptors (Lipinski definition) is 4. The second kappa shape index (κ2) is 7.80. The first-order chi connectivity index (χ1) is 15.5. The van der Waals surface area contributed by atoms with Crippen LogP contribution in [0.15, 0.2) is 78.9 Å². The Labute approximate surface area is 188 Å². The van der Waals surface area contributed by atoms with E-state index in [9.17, 15) is 18.8 Å². The highest BCUT2D eigenvalue weighted by Gasteiger charge is 2.61. The van der Waals surface area contributed by atoms with Gasteiger partial charge in [0.2, 0.25) is 16.7 Å². The lowest BCUT2D eigenvalue weighted by atomic mass is 10.0. The number of rotatable bonds is 4. The molecule has 0 unspecified atom stereocenters. The Balaban J connectivity index is 1.52. The molecule has 0 saturated carbocycles. The van der Waals surface area contributed by atoms with Crippen LogP contribution in [0.5, 0.6) is 0 Å². The first-order valence-corrected chi connectivity index (χ1v) is 11.0. The summed E-state index contributed by atoms with van der Waals surface area (Å²) >= 11 is 1.24. The molecule has 1 atom stereocenters. The van der Waals surface area contributed by atoms with E-state index in [1.165, 1.54) is 39.8 Å². The molecule has 0 bridgehead atoms. The Kier molecular flexibility index (Phi) is 4.94. The van der Waals surface area contributed by atoms with Gasteiger partial charge in [-0.25, -0.2) is 4.39 Å². The number of halogens is 1. The SMILES string of the molecule is O=C(CN1C(=O)[C@@]2(SCC(=O)N2c2ccccc2)c2ccccc21)Nc1ccccc1F. The fourth-order valence-electron chi connectivity index (χ4n) is 4.19. The van der Waals surface area contributed by atoms with Gasteiger partial charge in [0.1, 0.15) is 12.4 Å². The third-order valence-corrected chi connectivity index (χ3v) is 6.91. The standard InChI is InChI=1S/C24H18FN3O3S/c25-18-11-5-6-12-19(18)26-21(29)14-27-20-13-7-4-10-17(20)24(23(27)31)28(22(30)15-32-24)16-8-2-1-3-9-16/h1-13H,14-15H2,(H,26,29)/t24-/m0/s1. The molecule has 1 saturated heterocycles. The van der Waals surface area contributed by atoms with Crippen LogP contribution in [0.25, 0.3) is 0 Å². The van der Waals surface area contributed by atoms with E-state index in [-0.39, 0.29) is 29.8 Å². The van der Waals surface area contributed by atoms with Crippen molar-refractivity contribution >= 4 is 46.5 Å². The van der Waals surface area contributed by atoms with Crippen LogP contribution >= 0.6 is 11.8 Å². The number of amides is 3. The van der Waals surface area contributed by atoms with Crippen molar-refractivity contribution in [3.05, 3.63) is 90.2 Å². The predicted molar refractivity (Wildman–Crippen MR) is 122 cm³/mol. The van der Waals surface area contributed by atoms with E-state index in [1.807, 2.05) is 30.3 Å². The number of carbonyl (C=O) groups is 3. The summed E-state index contributed by atoms with van der Waals surface area (Å²) in [7, 11) is 0. The third kappa shape index (κ3) is 3.06. The number of anilines is 3. The quantitative estimate of drug-likeness (QED) is 0.662. The van der Waals surface area contributed by atoms with Gasteiger partial charge in [-0.1, -0.05) is 48.5 Å². The van der Waals surface area contributed by atoms with Crippen molar-refractivity contribution in [3.63, 3.8) is 0 Å². The maximum atomic E-state index is 14.0. The lowest BCUT2D eigenvalue weighted by molar-refractivity contribution is -0.124. The predicted octanol–water partition coefficient (Wildman–Crippen LogP) is 3.74. The monoisotopic (exact) mass is 447 g/mol. The molecule has 2 aliphatic rings. The zero-order valence-corrected chi connectivity index (χ0v) is 17.6. The molecule has 160 valence electrons. The summed E-state index contributed by atoms with van der Waals surface area (Å²) in [6.45, 7) is -0.302. The number of hydrogen-bond donors (Lipinski definition) is 1. The smallest absolute Gasteiger partial charge is 0.269 e. The number of fused-ring (bicyclic) bond motifs is 2. The molecule has 3 aromatic rings. The highest BCUT2D eigenvalue weighted by atomic mass is 32.2. The van der Waals surface area contributed by atoms with Gasteiger partial charge in [0, 0.05) is 11.3 Å². The third-order valence-electron chi connectivity index (χ3n) is 5.53. The topological polar surface area (TPSA) is 69.7 Å². The van der Waals surface area contributed by atoms with E-state index in [2.05, 4.69) is 5.32 Å². The molecular formula is C24H18FN3O3S. The first-order valence-electron chi connectivity index (χ1n) is 10.0. The summed E-state index contributed by atoms with van der Waals surface area (Å²) in [4.78, 5) is 41.1. The summed E-state index contributed by atoms with van der Waals surface area (Å²) in [6.07, 6.45) is 0. The zero-order chi connectivity index (χ0) is 22.3. The number of thioether (sulfide) groups is 1. The molecule has 1 N–H and O–H groups in total. The fraction of sp³-hybridized carbons (Fsp3) is 0.125. The van der Waals surface area contributed by atoms with E-state index >= 15 is 0 Å². The van der Waals surface area contributed by atoms with Crippen molar-refractivity contribution in [2.45, 2.75) is 4.87 Å². The van der Waals surface area contributed by atoms with Gasteiger partial charge in [-0.2, -0.15) is 0 Å². The van der Waals surface area contributed by atoms with Crippen molar-refractivity contribution < 1.29 is 18.8 Å². The van der Waals surface area contributed by atoms with Crippen LogP contribution in [-0.4, -0.2) is 30.0 Å². The summed E-state index contributed by atoms with van der Waals surface area (Å²) in [5, 5.41) is 2.52. The maximum absolute atomic E-state index is 14.0. The van der Waals surface area contributed by atoms with Gasteiger partial charge in [0.05, 0.1) is 17.1 Å². The number of carbonyl (C=O) groups excluding carboxylic acids is 3. The molecule has 8 heteroatoms. The molecule has 3 amide bonds. The summed E-state index contributed by atoms with van der Waals surface area (Å²) in [5.41, 5.74) is 1.87. The van der Waals surface area contributed by atoms with Crippen molar-refractivity contribution in [2.75, 3.05) is 27.4 Å². The maximum Gasteiger partial charge on any atom is 0.269 e. The van der Waals surface area contributed by atoms with Crippen molar-refractivity contribution in [2.24, 2.45) is 0 Å². The Morgan fingerprint density at radius 3 is 2.44 bits per heavy atom. The van der Waals surface area contributed by atoms with Gasteiger partial charge in [0.15, 0.2) is 0 Å². The summed E-state index contributed by atoms with van der Waals surface area (Å²) in [5.74, 6) is -1.50. The van der Waals surface area contributed by atoms with Gasteiger partial charge < -0.3 is 5.32 Å². The molecule has 0 aliphatic carbocycles. The van der Waals surface area contributed by atoms with Crippen molar-refractivity contribution in [3.8, 4) is 0 Å². The zero-order valence-electron chi connectivity index (χ0n) is 16.8. The largest absolute Gasteiger partial charge is 0.322 e. The van der Waals surface area contributed by atoms with Crippen LogP contribution in [-0.2, 0) is 19.3 Å². The normalized spacial score (nSPS) is 19.5. The van der Waals surface area contributed by atoms with E-state index in [4.69, 9.17) is 0 Å². The van der Waals surface area contributed by atoms with Gasteiger partial charge >= 0.3 is 0 Å². The molecule has 1 spiro atoms. The molecule has 1 fully saturated rings. The van der Waals surface area contributed by atoms with Gasteiger partial charge in [-0.05, 0) is 30.3 Å². The van der Waals surface area contributed by atoms with Crippen LogP contribution in [0.3, 0.4) is 0 Å². The minimum Gasteiger partial charge on any atom is -0.322 e. The minimum atomic E-state index is -1.28. The number of nitrogens with zero attached hydrogens (tertiary/aromatic N) is 2. The summed E-state index contributed by atoms with van der Waals surface area (Å²) < 4.78 is 14.0. The Bertz CT molecular complexity index is 1240. The Morgan fingerprint density at radius 2 is 1.66 bits per heavy atom.